The van der Waals surface area contributed by atoms with E-state index in [9.17, 15) is 5.11 Å². The molecule has 1 heterocycles. The minimum atomic E-state index is 0.341. The van der Waals surface area contributed by atoms with Crippen molar-refractivity contribution in [1.82, 2.24) is 10.2 Å². The van der Waals surface area contributed by atoms with Crippen molar-refractivity contribution in [2.75, 3.05) is 26.7 Å². The average molecular weight is 234 g/mol. The third-order valence-electron chi connectivity index (χ3n) is 3.36. The maximum Gasteiger partial charge on any atom is 0.115 e. The lowest BCUT2D eigenvalue weighted by Crippen LogP contribution is -2.36. The molecule has 0 aliphatic carbocycles. The van der Waals surface area contributed by atoms with Crippen LogP contribution in [0, 0.1) is 5.92 Å². The highest BCUT2D eigenvalue weighted by molar-refractivity contribution is 5.25. The molecule has 1 aliphatic heterocycles. The van der Waals surface area contributed by atoms with E-state index in [1.165, 1.54) is 24.9 Å². The standard InChI is InChI=1S/C14H22N2O/c1-16(11-13-3-2-8-15-9-13)10-12-4-6-14(17)7-5-12/h4-7,13,15,17H,2-3,8-11H2,1H3. The van der Waals surface area contributed by atoms with Gasteiger partial charge in [-0.05, 0) is 56.6 Å². The Kier molecular flexibility index (Phi) is 4.40. The molecule has 1 atom stereocenters. The molecule has 94 valence electrons. The van der Waals surface area contributed by atoms with Crippen LogP contribution in [0.3, 0.4) is 0 Å². The van der Waals surface area contributed by atoms with Gasteiger partial charge in [-0.25, -0.2) is 0 Å². The predicted octanol–water partition coefficient (Wildman–Crippen LogP) is 1.82. The van der Waals surface area contributed by atoms with E-state index in [1.54, 1.807) is 12.1 Å². The molecule has 2 N–H and O–H groups in total. The van der Waals surface area contributed by atoms with Gasteiger partial charge in [0.2, 0.25) is 0 Å². The summed E-state index contributed by atoms with van der Waals surface area (Å²) in [6.07, 6.45) is 2.64. The molecule has 1 saturated heterocycles. The van der Waals surface area contributed by atoms with Crippen LogP contribution in [0.5, 0.6) is 5.75 Å². The number of aromatic hydroxyl groups is 1. The van der Waals surface area contributed by atoms with Crippen LogP contribution in [0.15, 0.2) is 24.3 Å². The van der Waals surface area contributed by atoms with Gasteiger partial charge in [0.1, 0.15) is 5.75 Å². The van der Waals surface area contributed by atoms with E-state index in [2.05, 4.69) is 17.3 Å². The average Bonchev–Trinajstić information content (AvgIpc) is 2.33. The van der Waals surface area contributed by atoms with E-state index >= 15 is 0 Å². The minimum Gasteiger partial charge on any atom is -0.508 e. The van der Waals surface area contributed by atoms with E-state index in [1.807, 2.05) is 12.1 Å². The van der Waals surface area contributed by atoms with Crippen molar-refractivity contribution in [3.05, 3.63) is 29.8 Å². The second kappa shape index (κ2) is 6.03. The molecule has 1 aromatic rings. The van der Waals surface area contributed by atoms with Crippen LogP contribution in [0.2, 0.25) is 0 Å². The quantitative estimate of drug-likeness (QED) is 0.834. The first-order chi connectivity index (χ1) is 8.24. The molecule has 1 unspecified atom stereocenters. The van der Waals surface area contributed by atoms with Crippen molar-refractivity contribution < 1.29 is 5.11 Å². The summed E-state index contributed by atoms with van der Waals surface area (Å²) in [6, 6.07) is 7.49. The lowest BCUT2D eigenvalue weighted by Gasteiger charge is -2.27. The molecule has 17 heavy (non-hydrogen) atoms. The normalized spacial score (nSPS) is 20.7. The van der Waals surface area contributed by atoms with Crippen molar-refractivity contribution in [2.24, 2.45) is 5.92 Å². The Morgan fingerprint density at radius 1 is 1.35 bits per heavy atom. The van der Waals surface area contributed by atoms with Gasteiger partial charge >= 0.3 is 0 Å². The van der Waals surface area contributed by atoms with Gasteiger partial charge in [-0.1, -0.05) is 12.1 Å². The molecule has 1 aliphatic rings. The van der Waals surface area contributed by atoms with Gasteiger partial charge in [0.05, 0.1) is 0 Å². The van der Waals surface area contributed by atoms with Crippen LogP contribution in [0.4, 0.5) is 0 Å². The largest absolute Gasteiger partial charge is 0.508 e. The molecule has 0 radical (unpaired) electrons. The fourth-order valence-corrected chi connectivity index (χ4v) is 2.50. The number of nitrogens with one attached hydrogen (secondary N) is 1. The Bertz CT molecular complexity index is 331. The van der Waals surface area contributed by atoms with Crippen LogP contribution < -0.4 is 5.32 Å². The van der Waals surface area contributed by atoms with Crippen LogP contribution in [0.25, 0.3) is 0 Å². The summed E-state index contributed by atoms with van der Waals surface area (Å²) in [4.78, 5) is 2.37. The number of nitrogens with zero attached hydrogens (tertiary/aromatic N) is 1. The Morgan fingerprint density at radius 3 is 2.76 bits per heavy atom. The molecule has 3 heteroatoms. The lowest BCUT2D eigenvalue weighted by molar-refractivity contribution is 0.237. The molecule has 0 bridgehead atoms. The van der Waals surface area contributed by atoms with E-state index in [4.69, 9.17) is 0 Å². The monoisotopic (exact) mass is 234 g/mol. The molecule has 2 rings (SSSR count). The first kappa shape index (κ1) is 12.4. The Morgan fingerprint density at radius 2 is 2.12 bits per heavy atom. The first-order valence-electron chi connectivity index (χ1n) is 6.41. The Balaban J connectivity index is 1.79. The van der Waals surface area contributed by atoms with Gasteiger partial charge in [-0.15, -0.1) is 0 Å². The molecule has 0 spiro atoms. The van der Waals surface area contributed by atoms with Gasteiger partial charge in [0.15, 0.2) is 0 Å². The molecule has 3 nitrogen and oxygen atoms in total. The number of phenols is 1. The third-order valence-corrected chi connectivity index (χ3v) is 3.36. The van der Waals surface area contributed by atoms with Crippen LogP contribution in [0.1, 0.15) is 18.4 Å². The molecular formula is C14H22N2O. The number of rotatable bonds is 4. The molecular weight excluding hydrogens is 212 g/mol. The smallest absolute Gasteiger partial charge is 0.115 e. The van der Waals surface area contributed by atoms with Gasteiger partial charge in [-0.2, -0.15) is 0 Å². The topological polar surface area (TPSA) is 35.5 Å². The molecule has 1 aromatic carbocycles. The van der Waals surface area contributed by atoms with Crippen LogP contribution in [-0.4, -0.2) is 36.7 Å². The van der Waals surface area contributed by atoms with Gasteiger partial charge in [0, 0.05) is 13.1 Å². The summed E-state index contributed by atoms with van der Waals surface area (Å²) >= 11 is 0. The Labute approximate surface area is 103 Å². The van der Waals surface area contributed by atoms with E-state index in [-0.39, 0.29) is 0 Å². The highest BCUT2D eigenvalue weighted by atomic mass is 16.3. The number of hydrogen-bond donors (Lipinski definition) is 2. The van der Waals surface area contributed by atoms with E-state index in [0.717, 1.165) is 25.6 Å². The number of benzene rings is 1. The predicted molar refractivity (Wildman–Crippen MR) is 70.0 cm³/mol. The molecule has 0 aromatic heterocycles. The fourth-order valence-electron chi connectivity index (χ4n) is 2.50. The van der Waals surface area contributed by atoms with E-state index in [0.29, 0.717) is 5.75 Å². The van der Waals surface area contributed by atoms with E-state index < -0.39 is 0 Å². The summed E-state index contributed by atoms with van der Waals surface area (Å²) in [5.74, 6) is 1.12. The maximum atomic E-state index is 9.23. The second-order valence-corrected chi connectivity index (χ2v) is 5.08. The summed E-state index contributed by atoms with van der Waals surface area (Å²) < 4.78 is 0. The minimum absolute atomic E-state index is 0.341. The van der Waals surface area contributed by atoms with Gasteiger partial charge in [-0.3, -0.25) is 0 Å². The van der Waals surface area contributed by atoms with Crippen LogP contribution >= 0.6 is 0 Å². The highest BCUT2D eigenvalue weighted by Crippen LogP contribution is 2.14. The SMILES string of the molecule is CN(Cc1ccc(O)cc1)CC1CCCNC1. The molecule has 0 amide bonds. The van der Waals surface area contributed by atoms with Gasteiger partial charge in [0.25, 0.3) is 0 Å². The summed E-state index contributed by atoms with van der Waals surface area (Å²) in [5.41, 5.74) is 1.26. The van der Waals surface area contributed by atoms with Gasteiger partial charge < -0.3 is 15.3 Å². The Hall–Kier alpha value is -1.06. The van der Waals surface area contributed by atoms with Crippen LogP contribution in [-0.2, 0) is 6.54 Å². The van der Waals surface area contributed by atoms with Crippen molar-refractivity contribution >= 4 is 0 Å². The fraction of sp³-hybridized carbons (Fsp3) is 0.571. The zero-order valence-corrected chi connectivity index (χ0v) is 10.5. The summed E-state index contributed by atoms with van der Waals surface area (Å²) in [5, 5.41) is 12.7. The highest BCUT2D eigenvalue weighted by Gasteiger charge is 2.14. The van der Waals surface area contributed by atoms with Crippen molar-refractivity contribution in [1.29, 1.82) is 0 Å². The lowest BCUT2D eigenvalue weighted by atomic mass is 9.99. The first-order valence-corrected chi connectivity index (χ1v) is 6.41. The maximum absolute atomic E-state index is 9.23. The number of piperidine rings is 1. The number of phenolic OH excluding ortho intramolecular Hbond substituents is 1. The third kappa shape index (κ3) is 4.02. The van der Waals surface area contributed by atoms with Crippen molar-refractivity contribution in [3.63, 3.8) is 0 Å². The van der Waals surface area contributed by atoms with Crippen molar-refractivity contribution in [3.8, 4) is 5.75 Å². The molecule has 1 fully saturated rings. The molecule has 0 saturated carbocycles. The zero-order chi connectivity index (χ0) is 12.1. The second-order valence-electron chi connectivity index (χ2n) is 5.08. The summed E-state index contributed by atoms with van der Waals surface area (Å²) in [6.45, 7) is 4.43. The van der Waals surface area contributed by atoms with Crippen molar-refractivity contribution in [2.45, 2.75) is 19.4 Å². The zero-order valence-electron chi connectivity index (χ0n) is 10.5. The summed E-state index contributed by atoms with van der Waals surface area (Å²) in [7, 11) is 2.17. The number of hydrogen-bond acceptors (Lipinski definition) is 3.